The molecule has 2 N–H and O–H groups in total. The highest BCUT2D eigenvalue weighted by atomic mass is 16.6. The van der Waals surface area contributed by atoms with E-state index in [9.17, 15) is 4.79 Å². The molecule has 0 spiro atoms. The molecule has 4 nitrogen and oxygen atoms in total. The maximum Gasteiger partial charge on any atom is 0.404 e. The average molecular weight is 395 g/mol. The monoisotopic (exact) mass is 394 g/mol. The number of anilines is 1. The summed E-state index contributed by atoms with van der Waals surface area (Å²) in [6, 6.07) is 14.9. The van der Waals surface area contributed by atoms with E-state index in [0.717, 1.165) is 37.9 Å². The standard InChI is InChI=1S/C25H34N2O2/c1-3-13-27(14-4-2)24-18-21-12-8-11-20(21)16-22(24)17-23(29-25(26)28)15-19-9-6-5-7-10-19/h5-7,9-10,16,18,23H,3-4,8,11-15,17H2,1-2H3,(H2,26,28). The highest BCUT2D eigenvalue weighted by Gasteiger charge is 2.22. The number of nitrogens with zero attached hydrogens (tertiary/aromatic N) is 1. The average Bonchev–Trinajstić information content (AvgIpc) is 3.15. The Labute approximate surface area is 175 Å². The quantitative estimate of drug-likeness (QED) is 0.613. The van der Waals surface area contributed by atoms with Crippen LogP contribution in [0.3, 0.4) is 0 Å². The van der Waals surface area contributed by atoms with E-state index in [1.807, 2.05) is 18.2 Å². The first-order valence-electron chi connectivity index (χ1n) is 11.0. The smallest absolute Gasteiger partial charge is 0.404 e. The number of aryl methyl sites for hydroxylation is 2. The number of hydrogen-bond acceptors (Lipinski definition) is 3. The summed E-state index contributed by atoms with van der Waals surface area (Å²) in [4.78, 5) is 14.1. The maximum atomic E-state index is 11.6. The van der Waals surface area contributed by atoms with E-state index in [1.165, 1.54) is 35.2 Å². The minimum absolute atomic E-state index is 0.266. The summed E-state index contributed by atoms with van der Waals surface area (Å²) < 4.78 is 5.55. The molecule has 0 aromatic heterocycles. The molecular weight excluding hydrogens is 360 g/mol. The lowest BCUT2D eigenvalue weighted by atomic mass is 9.96. The first kappa shape index (κ1) is 21.2. The van der Waals surface area contributed by atoms with Crippen LogP contribution in [0.5, 0.6) is 0 Å². The molecule has 156 valence electrons. The minimum atomic E-state index is -0.701. The largest absolute Gasteiger partial charge is 0.446 e. The summed E-state index contributed by atoms with van der Waals surface area (Å²) >= 11 is 0. The number of nitrogens with two attached hydrogens (primary N) is 1. The van der Waals surface area contributed by atoms with Gasteiger partial charge in [-0.3, -0.25) is 0 Å². The zero-order valence-corrected chi connectivity index (χ0v) is 17.8. The van der Waals surface area contributed by atoms with E-state index in [2.05, 4.69) is 43.0 Å². The summed E-state index contributed by atoms with van der Waals surface area (Å²) in [6.45, 7) is 6.54. The third-order valence-electron chi connectivity index (χ3n) is 5.66. The van der Waals surface area contributed by atoms with Crippen LogP contribution in [0.25, 0.3) is 0 Å². The van der Waals surface area contributed by atoms with Crippen molar-refractivity contribution in [3.8, 4) is 0 Å². The molecular formula is C25H34N2O2. The van der Waals surface area contributed by atoms with Crippen molar-refractivity contribution in [1.29, 1.82) is 0 Å². The lowest BCUT2D eigenvalue weighted by Crippen LogP contribution is -2.29. The first-order chi connectivity index (χ1) is 14.1. The fraction of sp³-hybridized carbons (Fsp3) is 0.480. The van der Waals surface area contributed by atoms with Gasteiger partial charge in [0.15, 0.2) is 0 Å². The Morgan fingerprint density at radius 1 is 1.03 bits per heavy atom. The van der Waals surface area contributed by atoms with E-state index in [-0.39, 0.29) is 6.10 Å². The molecule has 0 heterocycles. The summed E-state index contributed by atoms with van der Waals surface area (Å²) in [5.74, 6) is 0. The van der Waals surface area contributed by atoms with Crippen LogP contribution in [-0.4, -0.2) is 25.3 Å². The second-order valence-corrected chi connectivity index (χ2v) is 8.04. The van der Waals surface area contributed by atoms with Gasteiger partial charge in [0.05, 0.1) is 0 Å². The van der Waals surface area contributed by atoms with Gasteiger partial charge in [-0.05, 0) is 60.4 Å². The zero-order valence-electron chi connectivity index (χ0n) is 17.8. The molecule has 0 aliphatic heterocycles. The highest BCUT2D eigenvalue weighted by molar-refractivity contribution is 5.65. The molecule has 1 aliphatic carbocycles. The summed E-state index contributed by atoms with van der Waals surface area (Å²) in [6.07, 6.45) is 6.15. The van der Waals surface area contributed by atoms with Crippen molar-refractivity contribution in [2.24, 2.45) is 5.73 Å². The third kappa shape index (κ3) is 5.75. The SMILES string of the molecule is CCCN(CCC)c1cc2c(cc1CC(Cc1ccccc1)OC(N)=O)CCC2. The van der Waals surface area contributed by atoms with Crippen molar-refractivity contribution >= 4 is 11.8 Å². The Bertz CT molecular complexity index is 798. The number of carbonyl (C=O) groups excluding carboxylic acids is 1. The maximum absolute atomic E-state index is 11.6. The van der Waals surface area contributed by atoms with Gasteiger partial charge in [-0.15, -0.1) is 0 Å². The molecule has 1 amide bonds. The molecule has 0 bridgehead atoms. The van der Waals surface area contributed by atoms with Gasteiger partial charge in [-0.25, -0.2) is 4.79 Å². The molecule has 2 aromatic carbocycles. The van der Waals surface area contributed by atoms with Gasteiger partial charge < -0.3 is 15.4 Å². The van der Waals surface area contributed by atoms with Crippen molar-refractivity contribution in [1.82, 2.24) is 0 Å². The molecule has 0 fully saturated rings. The van der Waals surface area contributed by atoms with Gasteiger partial charge in [0.1, 0.15) is 6.10 Å². The van der Waals surface area contributed by atoms with Gasteiger partial charge in [-0.1, -0.05) is 50.2 Å². The summed E-state index contributed by atoms with van der Waals surface area (Å²) in [5, 5.41) is 0. The van der Waals surface area contributed by atoms with E-state index >= 15 is 0 Å². The number of rotatable bonds is 10. The fourth-order valence-corrected chi connectivity index (χ4v) is 4.45. The topological polar surface area (TPSA) is 55.6 Å². The van der Waals surface area contributed by atoms with Crippen molar-refractivity contribution in [2.75, 3.05) is 18.0 Å². The lowest BCUT2D eigenvalue weighted by Gasteiger charge is -2.29. The van der Waals surface area contributed by atoms with Gasteiger partial charge in [-0.2, -0.15) is 0 Å². The number of primary amides is 1. The molecule has 2 aromatic rings. The number of ether oxygens (including phenoxy) is 1. The Kier molecular flexibility index (Phi) is 7.56. The van der Waals surface area contributed by atoms with Gasteiger partial charge in [0, 0.05) is 31.6 Å². The molecule has 1 atom stereocenters. The summed E-state index contributed by atoms with van der Waals surface area (Å²) in [7, 11) is 0. The van der Waals surface area contributed by atoms with Crippen LogP contribution in [0.4, 0.5) is 10.5 Å². The van der Waals surface area contributed by atoms with Crippen molar-refractivity contribution in [3.63, 3.8) is 0 Å². The Morgan fingerprint density at radius 3 is 2.31 bits per heavy atom. The first-order valence-corrected chi connectivity index (χ1v) is 11.0. The van der Waals surface area contributed by atoms with Gasteiger partial charge in [0.2, 0.25) is 0 Å². The molecule has 1 aliphatic rings. The normalized spacial score (nSPS) is 13.7. The lowest BCUT2D eigenvalue weighted by molar-refractivity contribution is 0.106. The molecule has 0 radical (unpaired) electrons. The van der Waals surface area contributed by atoms with Crippen LogP contribution < -0.4 is 10.6 Å². The molecule has 3 rings (SSSR count). The van der Waals surface area contributed by atoms with E-state index < -0.39 is 6.09 Å². The van der Waals surface area contributed by atoms with Crippen molar-refractivity contribution in [3.05, 3.63) is 64.7 Å². The number of carbonyl (C=O) groups is 1. The molecule has 0 saturated heterocycles. The highest BCUT2D eigenvalue weighted by Crippen LogP contribution is 2.32. The Balaban J connectivity index is 1.92. The molecule has 0 saturated carbocycles. The van der Waals surface area contributed by atoms with Crippen LogP contribution in [0.2, 0.25) is 0 Å². The molecule has 1 unspecified atom stereocenters. The van der Waals surface area contributed by atoms with Crippen LogP contribution >= 0.6 is 0 Å². The number of fused-ring (bicyclic) bond motifs is 1. The second-order valence-electron chi connectivity index (χ2n) is 8.04. The van der Waals surface area contributed by atoms with E-state index in [4.69, 9.17) is 10.5 Å². The summed E-state index contributed by atoms with van der Waals surface area (Å²) in [5.41, 5.74) is 12.1. The predicted molar refractivity (Wildman–Crippen MR) is 120 cm³/mol. The number of amides is 1. The van der Waals surface area contributed by atoms with Gasteiger partial charge in [0.25, 0.3) is 0 Å². The van der Waals surface area contributed by atoms with Crippen molar-refractivity contribution in [2.45, 2.75) is 64.9 Å². The van der Waals surface area contributed by atoms with Crippen LogP contribution in [0.15, 0.2) is 42.5 Å². The van der Waals surface area contributed by atoms with E-state index in [1.54, 1.807) is 0 Å². The second kappa shape index (κ2) is 10.3. The van der Waals surface area contributed by atoms with Crippen LogP contribution in [0.1, 0.15) is 55.4 Å². The number of benzene rings is 2. The van der Waals surface area contributed by atoms with Crippen LogP contribution in [-0.2, 0) is 30.4 Å². The Morgan fingerprint density at radius 2 is 1.69 bits per heavy atom. The Hall–Kier alpha value is -2.49. The molecule has 4 heteroatoms. The van der Waals surface area contributed by atoms with Crippen molar-refractivity contribution < 1.29 is 9.53 Å². The van der Waals surface area contributed by atoms with E-state index in [0.29, 0.717) is 12.8 Å². The fourth-order valence-electron chi connectivity index (χ4n) is 4.45. The minimum Gasteiger partial charge on any atom is -0.446 e. The van der Waals surface area contributed by atoms with Crippen LogP contribution in [0, 0.1) is 0 Å². The predicted octanol–water partition coefficient (Wildman–Crippen LogP) is 5.05. The molecule has 29 heavy (non-hydrogen) atoms. The van der Waals surface area contributed by atoms with Gasteiger partial charge >= 0.3 is 6.09 Å². The zero-order chi connectivity index (χ0) is 20.6. The number of hydrogen-bond donors (Lipinski definition) is 1. The third-order valence-corrected chi connectivity index (χ3v) is 5.66.